The van der Waals surface area contributed by atoms with Gasteiger partial charge in [0.25, 0.3) is 0 Å². The molecular formula is C14H20N2O. The average molecular weight is 232 g/mol. The molecule has 1 saturated carbocycles. The summed E-state index contributed by atoms with van der Waals surface area (Å²) < 4.78 is 0. The van der Waals surface area contributed by atoms with Crippen LogP contribution in [0.5, 0.6) is 0 Å². The molecule has 1 N–H and O–H groups in total. The molecule has 1 unspecified atom stereocenters. The van der Waals surface area contributed by atoms with Gasteiger partial charge in [-0.15, -0.1) is 0 Å². The Morgan fingerprint density at radius 2 is 2.18 bits per heavy atom. The minimum atomic E-state index is 0.0720. The van der Waals surface area contributed by atoms with Crippen molar-refractivity contribution in [3.05, 3.63) is 23.8 Å². The molecule has 1 atom stereocenters. The molecule has 1 fully saturated rings. The number of hydrazone groups is 1. The van der Waals surface area contributed by atoms with E-state index in [1.54, 1.807) is 0 Å². The van der Waals surface area contributed by atoms with Crippen molar-refractivity contribution in [2.45, 2.75) is 39.5 Å². The number of hydrogen-bond donors (Lipinski definition) is 1. The molecule has 2 aliphatic rings. The molecule has 0 aromatic rings. The Morgan fingerprint density at radius 1 is 1.47 bits per heavy atom. The van der Waals surface area contributed by atoms with Gasteiger partial charge < -0.3 is 0 Å². The molecule has 0 aliphatic heterocycles. The van der Waals surface area contributed by atoms with E-state index in [1.165, 1.54) is 11.1 Å². The summed E-state index contributed by atoms with van der Waals surface area (Å²) in [4.78, 5) is 11.5. The Morgan fingerprint density at radius 3 is 2.76 bits per heavy atom. The Kier molecular flexibility index (Phi) is 3.46. The topological polar surface area (TPSA) is 41.5 Å². The van der Waals surface area contributed by atoms with E-state index in [9.17, 15) is 4.79 Å². The van der Waals surface area contributed by atoms with Crippen LogP contribution in [0.1, 0.15) is 39.5 Å². The highest BCUT2D eigenvalue weighted by Gasteiger charge is 2.29. The minimum Gasteiger partial charge on any atom is -0.273 e. The number of amides is 1. The molecule has 0 spiro atoms. The first-order chi connectivity index (χ1) is 8.08. The monoisotopic (exact) mass is 232 g/mol. The van der Waals surface area contributed by atoms with Gasteiger partial charge in [-0.2, -0.15) is 5.10 Å². The summed E-state index contributed by atoms with van der Waals surface area (Å²) in [5, 5.41) is 4.27. The highest BCUT2D eigenvalue weighted by atomic mass is 16.2. The number of rotatable bonds is 3. The van der Waals surface area contributed by atoms with Gasteiger partial charge in [0.15, 0.2) is 0 Å². The zero-order valence-corrected chi connectivity index (χ0v) is 10.6. The largest absolute Gasteiger partial charge is 0.273 e. The molecule has 3 heteroatoms. The average Bonchev–Trinajstić information content (AvgIpc) is 3.11. The molecule has 0 radical (unpaired) electrons. The summed E-state index contributed by atoms with van der Waals surface area (Å²) >= 11 is 0. The summed E-state index contributed by atoms with van der Waals surface area (Å²) in [5.74, 6) is 0.752. The van der Waals surface area contributed by atoms with E-state index in [2.05, 4.69) is 37.0 Å². The van der Waals surface area contributed by atoms with Crippen LogP contribution in [-0.2, 0) is 4.79 Å². The first kappa shape index (κ1) is 12.1. The molecule has 2 aliphatic carbocycles. The lowest BCUT2D eigenvalue weighted by Gasteiger charge is -2.22. The van der Waals surface area contributed by atoms with E-state index < -0.39 is 0 Å². The number of carbonyl (C=O) groups is 1. The van der Waals surface area contributed by atoms with Crippen molar-refractivity contribution in [2.24, 2.45) is 16.9 Å². The molecule has 0 bridgehead atoms. The highest BCUT2D eigenvalue weighted by Crippen LogP contribution is 2.29. The van der Waals surface area contributed by atoms with Crippen molar-refractivity contribution >= 4 is 11.6 Å². The van der Waals surface area contributed by atoms with Crippen LogP contribution in [0.2, 0.25) is 0 Å². The van der Waals surface area contributed by atoms with Gasteiger partial charge in [0.2, 0.25) is 5.91 Å². The van der Waals surface area contributed by atoms with Gasteiger partial charge in [-0.1, -0.05) is 18.2 Å². The van der Waals surface area contributed by atoms with Crippen LogP contribution in [0, 0.1) is 11.8 Å². The predicted octanol–water partition coefficient (Wildman–Crippen LogP) is 2.80. The number of hydrogen-bond acceptors (Lipinski definition) is 2. The molecule has 92 valence electrons. The maximum atomic E-state index is 11.5. The summed E-state index contributed by atoms with van der Waals surface area (Å²) in [6, 6.07) is 0. The molecule has 0 heterocycles. The van der Waals surface area contributed by atoms with Crippen molar-refractivity contribution in [3.63, 3.8) is 0 Å². The normalized spacial score (nSPS) is 26.6. The zero-order chi connectivity index (χ0) is 12.4. The van der Waals surface area contributed by atoms with Gasteiger partial charge >= 0.3 is 0 Å². The third kappa shape index (κ3) is 3.05. The highest BCUT2D eigenvalue weighted by molar-refractivity contribution is 6.01. The summed E-state index contributed by atoms with van der Waals surface area (Å²) in [6.07, 6.45) is 6.14. The van der Waals surface area contributed by atoms with Crippen molar-refractivity contribution in [1.82, 2.24) is 5.43 Å². The second kappa shape index (κ2) is 4.86. The second-order valence-electron chi connectivity index (χ2n) is 5.18. The molecular weight excluding hydrogens is 212 g/mol. The maximum absolute atomic E-state index is 11.5. The first-order valence-corrected chi connectivity index (χ1v) is 6.27. The third-order valence-corrected chi connectivity index (χ3v) is 3.55. The van der Waals surface area contributed by atoms with Gasteiger partial charge in [0.1, 0.15) is 0 Å². The van der Waals surface area contributed by atoms with Gasteiger partial charge in [-0.3, -0.25) is 4.79 Å². The standard InChI is InChI=1S/C14H20N2O/c1-9(2)12-5-4-10(3)13(8-12)15-16-14(17)11-6-7-11/h4,11-12H,1,5-8H2,2-3H3,(H,16,17). The van der Waals surface area contributed by atoms with Crippen molar-refractivity contribution in [2.75, 3.05) is 0 Å². The van der Waals surface area contributed by atoms with Crippen LogP contribution in [0.3, 0.4) is 0 Å². The lowest BCUT2D eigenvalue weighted by atomic mass is 9.85. The van der Waals surface area contributed by atoms with E-state index in [1.807, 2.05) is 0 Å². The quantitative estimate of drug-likeness (QED) is 0.590. The Bertz CT molecular complexity index is 402. The Hall–Kier alpha value is -1.38. The third-order valence-electron chi connectivity index (χ3n) is 3.55. The molecule has 0 aromatic carbocycles. The van der Waals surface area contributed by atoms with Crippen LogP contribution >= 0.6 is 0 Å². The molecule has 0 saturated heterocycles. The predicted molar refractivity (Wildman–Crippen MR) is 69.6 cm³/mol. The van der Waals surface area contributed by atoms with Gasteiger partial charge in [0.05, 0.1) is 5.71 Å². The maximum Gasteiger partial charge on any atom is 0.243 e. The fraction of sp³-hybridized carbons (Fsp3) is 0.571. The van der Waals surface area contributed by atoms with Crippen LogP contribution in [0.25, 0.3) is 0 Å². The van der Waals surface area contributed by atoms with Gasteiger partial charge in [-0.25, -0.2) is 5.43 Å². The number of carbonyl (C=O) groups excluding carboxylic acids is 1. The first-order valence-electron chi connectivity index (χ1n) is 6.27. The smallest absolute Gasteiger partial charge is 0.243 e. The van der Waals surface area contributed by atoms with Gasteiger partial charge in [-0.05, 0) is 51.0 Å². The Balaban J connectivity index is 2.00. The van der Waals surface area contributed by atoms with Crippen LogP contribution in [0.15, 0.2) is 28.9 Å². The fourth-order valence-corrected chi connectivity index (χ4v) is 1.98. The van der Waals surface area contributed by atoms with Crippen LogP contribution in [-0.4, -0.2) is 11.6 Å². The van der Waals surface area contributed by atoms with E-state index in [0.717, 1.165) is 31.4 Å². The number of allylic oxidation sites excluding steroid dienone is 3. The lowest BCUT2D eigenvalue weighted by Crippen LogP contribution is -2.24. The van der Waals surface area contributed by atoms with E-state index >= 15 is 0 Å². The van der Waals surface area contributed by atoms with Crippen molar-refractivity contribution < 1.29 is 4.79 Å². The SMILES string of the molecule is C=C(C)C1CC=C(C)C(=NNC(=O)C2CC2)C1. The lowest BCUT2D eigenvalue weighted by molar-refractivity contribution is -0.122. The van der Waals surface area contributed by atoms with Gasteiger partial charge in [0, 0.05) is 5.92 Å². The molecule has 17 heavy (non-hydrogen) atoms. The Labute approximate surface area is 103 Å². The summed E-state index contributed by atoms with van der Waals surface area (Å²) in [7, 11) is 0. The minimum absolute atomic E-state index is 0.0720. The van der Waals surface area contributed by atoms with E-state index in [4.69, 9.17) is 0 Å². The summed E-state index contributed by atoms with van der Waals surface area (Å²) in [5.41, 5.74) is 6.05. The molecule has 0 aromatic heterocycles. The van der Waals surface area contributed by atoms with Crippen LogP contribution < -0.4 is 5.43 Å². The van der Waals surface area contributed by atoms with E-state index in [-0.39, 0.29) is 11.8 Å². The fourth-order valence-electron chi connectivity index (χ4n) is 1.98. The van der Waals surface area contributed by atoms with Crippen molar-refractivity contribution in [1.29, 1.82) is 0 Å². The van der Waals surface area contributed by atoms with E-state index in [0.29, 0.717) is 5.92 Å². The summed E-state index contributed by atoms with van der Waals surface area (Å²) in [6.45, 7) is 8.11. The van der Waals surface area contributed by atoms with Crippen LogP contribution in [0.4, 0.5) is 0 Å². The molecule has 2 rings (SSSR count). The number of nitrogens with zero attached hydrogens (tertiary/aromatic N) is 1. The number of nitrogens with one attached hydrogen (secondary N) is 1. The zero-order valence-electron chi connectivity index (χ0n) is 10.6. The second-order valence-corrected chi connectivity index (χ2v) is 5.18. The van der Waals surface area contributed by atoms with Crippen molar-refractivity contribution in [3.8, 4) is 0 Å². The molecule has 1 amide bonds. The molecule has 3 nitrogen and oxygen atoms in total.